The number of hydrogen-bond acceptors (Lipinski definition) is 7. The van der Waals surface area contributed by atoms with Crippen LogP contribution in [0, 0.1) is 0 Å². The van der Waals surface area contributed by atoms with E-state index in [9.17, 15) is 0 Å². The van der Waals surface area contributed by atoms with Crippen molar-refractivity contribution < 1.29 is 5.21 Å². The molecule has 3 N–H and O–H groups in total. The number of rotatable bonds is 3. The molecular weight excluding hydrogens is 210 g/mol. The van der Waals surface area contributed by atoms with Crippen LogP contribution in [0.2, 0.25) is 0 Å². The maximum Gasteiger partial charge on any atom is 0.230 e. The summed E-state index contributed by atoms with van der Waals surface area (Å²) in [4.78, 5) is 15.7. The maximum atomic E-state index is 8.58. The van der Waals surface area contributed by atoms with E-state index in [1.54, 1.807) is 38.0 Å². The molecule has 0 aromatic carbocycles. The predicted octanol–water partition coefficient (Wildman–Crippen LogP) is -0.902. The molecule has 0 aliphatic rings. The van der Waals surface area contributed by atoms with Crippen LogP contribution < -0.4 is 15.5 Å². The van der Waals surface area contributed by atoms with Gasteiger partial charge in [-0.1, -0.05) is 5.16 Å². The van der Waals surface area contributed by atoms with Crippen LogP contribution in [-0.2, 0) is 0 Å². The van der Waals surface area contributed by atoms with Crippen LogP contribution in [0.3, 0.4) is 0 Å². The van der Waals surface area contributed by atoms with Crippen molar-refractivity contribution in [1.82, 2.24) is 15.0 Å². The van der Waals surface area contributed by atoms with Gasteiger partial charge in [-0.3, -0.25) is 0 Å². The first-order chi connectivity index (χ1) is 7.45. The van der Waals surface area contributed by atoms with Gasteiger partial charge in [0.1, 0.15) is 0 Å². The zero-order valence-corrected chi connectivity index (χ0v) is 9.71. The van der Waals surface area contributed by atoms with Crippen molar-refractivity contribution in [1.29, 1.82) is 0 Å². The zero-order valence-electron chi connectivity index (χ0n) is 9.71. The topological polar surface area (TPSA) is 104 Å². The molecular formula is C8H15N7O. The average Bonchev–Trinajstić information content (AvgIpc) is 2.27. The van der Waals surface area contributed by atoms with Gasteiger partial charge in [0.15, 0.2) is 0 Å². The minimum Gasteiger partial charge on any atom is -0.409 e. The third-order valence-corrected chi connectivity index (χ3v) is 1.75. The van der Waals surface area contributed by atoms with Gasteiger partial charge in [0, 0.05) is 28.2 Å². The van der Waals surface area contributed by atoms with Crippen molar-refractivity contribution in [3.05, 3.63) is 5.82 Å². The van der Waals surface area contributed by atoms with Gasteiger partial charge in [-0.15, -0.1) is 0 Å². The summed E-state index contributed by atoms with van der Waals surface area (Å²) < 4.78 is 0. The van der Waals surface area contributed by atoms with Crippen molar-refractivity contribution in [3.63, 3.8) is 0 Å². The molecule has 0 unspecified atom stereocenters. The Morgan fingerprint density at radius 1 is 1.06 bits per heavy atom. The molecule has 0 fully saturated rings. The van der Waals surface area contributed by atoms with Gasteiger partial charge in [0.25, 0.3) is 0 Å². The normalized spacial score (nSPS) is 11.4. The Kier molecular flexibility index (Phi) is 3.44. The molecule has 88 valence electrons. The first-order valence-electron chi connectivity index (χ1n) is 4.54. The van der Waals surface area contributed by atoms with E-state index in [0.29, 0.717) is 11.9 Å². The van der Waals surface area contributed by atoms with E-state index in [0.717, 1.165) is 0 Å². The highest BCUT2D eigenvalue weighted by molar-refractivity contribution is 5.93. The summed E-state index contributed by atoms with van der Waals surface area (Å²) in [5, 5.41) is 11.4. The molecule has 8 heteroatoms. The van der Waals surface area contributed by atoms with Gasteiger partial charge < -0.3 is 20.7 Å². The number of amidine groups is 1. The summed E-state index contributed by atoms with van der Waals surface area (Å²) >= 11 is 0. The first kappa shape index (κ1) is 12.0. The predicted molar refractivity (Wildman–Crippen MR) is 61.0 cm³/mol. The highest BCUT2D eigenvalue weighted by Gasteiger charge is 2.12. The summed E-state index contributed by atoms with van der Waals surface area (Å²) in [6.45, 7) is 0. The van der Waals surface area contributed by atoms with E-state index in [-0.39, 0.29) is 11.7 Å². The lowest BCUT2D eigenvalue weighted by molar-refractivity contribution is 0.318. The second kappa shape index (κ2) is 4.60. The Balaban J connectivity index is 3.30. The summed E-state index contributed by atoms with van der Waals surface area (Å²) in [6, 6.07) is 0. The highest BCUT2D eigenvalue weighted by Crippen LogP contribution is 2.09. The second-order valence-electron chi connectivity index (χ2n) is 3.53. The van der Waals surface area contributed by atoms with Crippen molar-refractivity contribution >= 4 is 17.7 Å². The maximum absolute atomic E-state index is 8.58. The van der Waals surface area contributed by atoms with Crippen molar-refractivity contribution in [2.24, 2.45) is 10.9 Å². The van der Waals surface area contributed by atoms with Crippen LogP contribution in [0.1, 0.15) is 5.82 Å². The molecule has 16 heavy (non-hydrogen) atoms. The number of nitrogens with zero attached hydrogens (tertiary/aromatic N) is 6. The Morgan fingerprint density at radius 2 is 1.50 bits per heavy atom. The fourth-order valence-corrected chi connectivity index (χ4v) is 0.913. The van der Waals surface area contributed by atoms with Crippen LogP contribution in [0.25, 0.3) is 0 Å². The highest BCUT2D eigenvalue weighted by atomic mass is 16.4. The zero-order chi connectivity index (χ0) is 12.3. The van der Waals surface area contributed by atoms with Crippen molar-refractivity contribution in [3.8, 4) is 0 Å². The standard InChI is InChI=1S/C8H15N7O/c1-14(2)7-10-6(5(9)13-16)11-8(12-7)15(3)4/h16H,1-4H3,(H2,9,13). The van der Waals surface area contributed by atoms with Crippen LogP contribution >= 0.6 is 0 Å². The smallest absolute Gasteiger partial charge is 0.230 e. The molecule has 0 aliphatic carbocycles. The Bertz CT molecular complexity index is 375. The molecule has 0 aliphatic heterocycles. The first-order valence-corrected chi connectivity index (χ1v) is 4.54. The number of anilines is 2. The lowest BCUT2D eigenvalue weighted by Gasteiger charge is -2.15. The van der Waals surface area contributed by atoms with Crippen LogP contribution in [-0.4, -0.2) is 54.2 Å². The summed E-state index contributed by atoms with van der Waals surface area (Å²) in [7, 11) is 7.19. The van der Waals surface area contributed by atoms with Gasteiger partial charge in [-0.2, -0.15) is 15.0 Å². The molecule has 0 bridgehead atoms. The minimum atomic E-state index is -0.145. The van der Waals surface area contributed by atoms with Gasteiger partial charge in [0.05, 0.1) is 0 Å². The SMILES string of the molecule is CN(C)c1nc(/C(N)=N\O)nc(N(C)C)n1. The largest absolute Gasteiger partial charge is 0.409 e. The average molecular weight is 225 g/mol. The molecule has 0 amide bonds. The van der Waals surface area contributed by atoms with E-state index in [1.165, 1.54) is 0 Å². The molecule has 0 saturated carbocycles. The lowest BCUT2D eigenvalue weighted by Crippen LogP contribution is -2.24. The number of hydrogen-bond donors (Lipinski definition) is 2. The lowest BCUT2D eigenvalue weighted by atomic mass is 10.5. The summed E-state index contributed by atoms with van der Waals surface area (Å²) in [5.74, 6) is 0.888. The Labute approximate surface area is 93.4 Å². The monoisotopic (exact) mass is 225 g/mol. The third kappa shape index (κ3) is 2.47. The molecule has 0 atom stereocenters. The van der Waals surface area contributed by atoms with E-state index >= 15 is 0 Å². The van der Waals surface area contributed by atoms with Crippen molar-refractivity contribution in [2.45, 2.75) is 0 Å². The molecule has 0 saturated heterocycles. The van der Waals surface area contributed by atoms with Crippen LogP contribution in [0.4, 0.5) is 11.9 Å². The summed E-state index contributed by atoms with van der Waals surface area (Å²) in [6.07, 6.45) is 0. The van der Waals surface area contributed by atoms with Gasteiger partial charge in [-0.25, -0.2) is 0 Å². The molecule has 0 radical (unpaired) electrons. The molecule has 1 aromatic heterocycles. The molecule has 1 aromatic rings. The quantitative estimate of drug-likeness (QED) is 0.297. The molecule has 0 spiro atoms. The Morgan fingerprint density at radius 3 is 1.81 bits per heavy atom. The van der Waals surface area contributed by atoms with Gasteiger partial charge >= 0.3 is 0 Å². The van der Waals surface area contributed by atoms with E-state index in [4.69, 9.17) is 10.9 Å². The van der Waals surface area contributed by atoms with Gasteiger partial charge in [-0.05, 0) is 0 Å². The molecule has 1 rings (SSSR count). The molecule has 8 nitrogen and oxygen atoms in total. The number of aromatic nitrogens is 3. The fourth-order valence-electron chi connectivity index (χ4n) is 0.913. The number of oxime groups is 1. The minimum absolute atomic E-state index is 0.143. The van der Waals surface area contributed by atoms with Crippen LogP contribution in [0.5, 0.6) is 0 Å². The van der Waals surface area contributed by atoms with E-state index in [2.05, 4.69) is 20.1 Å². The van der Waals surface area contributed by atoms with E-state index < -0.39 is 0 Å². The van der Waals surface area contributed by atoms with Crippen molar-refractivity contribution in [2.75, 3.05) is 38.0 Å². The molecule has 1 heterocycles. The second-order valence-corrected chi connectivity index (χ2v) is 3.53. The number of nitrogens with two attached hydrogens (primary N) is 1. The van der Waals surface area contributed by atoms with Crippen LogP contribution in [0.15, 0.2) is 5.16 Å². The van der Waals surface area contributed by atoms with Gasteiger partial charge in [0.2, 0.25) is 23.6 Å². The fraction of sp³-hybridized carbons (Fsp3) is 0.500. The van der Waals surface area contributed by atoms with E-state index in [1.807, 2.05) is 0 Å². The Hall–Kier alpha value is -2.12. The third-order valence-electron chi connectivity index (χ3n) is 1.75. The summed E-state index contributed by atoms with van der Waals surface area (Å²) in [5.41, 5.74) is 5.44.